The molecule has 0 saturated carbocycles. The summed E-state index contributed by atoms with van der Waals surface area (Å²) in [4.78, 5) is 0. The van der Waals surface area contributed by atoms with E-state index in [1.807, 2.05) is 0 Å². The van der Waals surface area contributed by atoms with Gasteiger partial charge in [-0.25, -0.2) is 0 Å². The average Bonchev–Trinajstić information content (AvgIpc) is 0.616. The van der Waals surface area contributed by atoms with E-state index in [2.05, 4.69) is 198 Å². The van der Waals surface area contributed by atoms with Crippen molar-refractivity contribution in [1.29, 1.82) is 0 Å². The van der Waals surface area contributed by atoms with E-state index in [-0.39, 0.29) is 0 Å². The van der Waals surface area contributed by atoms with Crippen LogP contribution < -0.4 is 0 Å². The highest BCUT2D eigenvalue weighted by molar-refractivity contribution is 6.75. The third-order valence-electron chi connectivity index (χ3n) is 36.9. The maximum absolute atomic E-state index is 2.73. The topological polar surface area (TPSA) is 0 Å². The second-order valence-corrected chi connectivity index (χ2v) is 41.0. The normalized spacial score (nSPS) is 15.2. The quantitative estimate of drug-likeness (QED) is 0.105. The van der Waals surface area contributed by atoms with Crippen LogP contribution in [-0.2, 0) is 0 Å². The maximum atomic E-state index is 2.73. The minimum atomic E-state index is 1.35. The van der Waals surface area contributed by atoms with Gasteiger partial charge in [0.05, 0.1) is 0 Å². The Morgan fingerprint density at radius 1 is 0.0902 bits per heavy atom. The molecule has 44 rings (SSSR count). The monoisotopic (exact) mass is 1500 g/mol. The summed E-state index contributed by atoms with van der Waals surface area (Å²) in [6.07, 6.45) is 0. The van der Waals surface area contributed by atoms with Gasteiger partial charge in [-0.05, 0) is 622 Å². The molecule has 0 amide bonds. The summed E-state index contributed by atoms with van der Waals surface area (Å²) >= 11 is 0. The van der Waals surface area contributed by atoms with Crippen LogP contribution in [-0.4, -0.2) is 0 Å². The Kier molecular flexibility index (Phi) is 6.31. The summed E-state index contributed by atoms with van der Waals surface area (Å²) < 4.78 is 0. The Morgan fingerprint density at radius 2 is 0.230 bits per heavy atom. The van der Waals surface area contributed by atoms with Gasteiger partial charge < -0.3 is 0 Å². The molecule has 0 bridgehead atoms. The Labute approximate surface area is 678 Å². The lowest BCUT2D eigenvalue weighted by molar-refractivity contribution is 1.53. The fraction of sp³-hybridized carbons (Fsp3) is 0.0328. The molecular weight excluding hydrogens is 1470 g/mol. The third-order valence-corrected chi connectivity index (χ3v) is 36.9. The van der Waals surface area contributed by atoms with Gasteiger partial charge in [0.15, 0.2) is 0 Å². The molecule has 0 radical (unpaired) electrons. The highest BCUT2D eigenvalue weighted by Crippen LogP contribution is 2.74. The van der Waals surface area contributed by atoms with Gasteiger partial charge in [-0.1, -0.05) is 60.7 Å². The van der Waals surface area contributed by atoms with Crippen LogP contribution in [0, 0.1) is 27.7 Å². The van der Waals surface area contributed by atoms with Crippen LogP contribution in [0.3, 0.4) is 0 Å². The first-order valence-electron chi connectivity index (χ1n) is 44.4. The van der Waals surface area contributed by atoms with Crippen LogP contribution in [0.4, 0.5) is 0 Å². The first-order chi connectivity index (χ1) is 60.2. The summed E-state index contributed by atoms with van der Waals surface area (Å²) in [5.74, 6) is 0. The minimum absolute atomic E-state index is 1.35. The largest absolute Gasteiger partial charge is 0.0610 e. The molecule has 0 saturated heterocycles. The van der Waals surface area contributed by atoms with Gasteiger partial charge in [-0.15, -0.1) is 0 Å². The van der Waals surface area contributed by atoms with Gasteiger partial charge in [0.1, 0.15) is 0 Å². The maximum Gasteiger partial charge on any atom is -0.00000150 e. The van der Waals surface area contributed by atoms with E-state index in [4.69, 9.17) is 0 Å². The van der Waals surface area contributed by atoms with Crippen molar-refractivity contribution >= 4 is 463 Å². The van der Waals surface area contributed by atoms with Crippen molar-refractivity contribution in [3.05, 3.63) is 192 Å². The highest BCUT2D eigenvalue weighted by Gasteiger charge is 2.45. The lowest BCUT2D eigenvalue weighted by Gasteiger charge is -2.36. The van der Waals surface area contributed by atoms with Crippen LogP contribution in [0.2, 0.25) is 0 Å². The smallest absolute Gasteiger partial charge is 0.00000150 e. The molecule has 528 valence electrons. The van der Waals surface area contributed by atoms with E-state index >= 15 is 0 Å². The van der Waals surface area contributed by atoms with Gasteiger partial charge in [-0.3, -0.25) is 0 Å². The molecule has 44 aromatic rings. The molecular formula is C122H40. The Balaban J connectivity index is 0.788. The number of hydrogen-bond donors (Lipinski definition) is 0. The zero-order valence-electron chi connectivity index (χ0n) is 65.2. The van der Waals surface area contributed by atoms with Crippen molar-refractivity contribution < 1.29 is 0 Å². The lowest BCUT2D eigenvalue weighted by Crippen LogP contribution is -2.07. The number of rotatable bonds is 0. The molecule has 0 spiro atoms. The van der Waals surface area contributed by atoms with E-state index in [1.165, 1.54) is 485 Å². The van der Waals surface area contributed by atoms with Gasteiger partial charge in [0.25, 0.3) is 0 Å². The van der Waals surface area contributed by atoms with Crippen molar-refractivity contribution in [2.24, 2.45) is 0 Å². The van der Waals surface area contributed by atoms with Crippen molar-refractivity contribution in [2.75, 3.05) is 0 Å². The molecule has 0 aliphatic carbocycles. The van der Waals surface area contributed by atoms with Crippen molar-refractivity contribution in [3.63, 3.8) is 0 Å². The third kappa shape index (κ3) is 4.15. The summed E-state index contributed by atoms with van der Waals surface area (Å²) in [5.41, 5.74) is 5.49. The zero-order chi connectivity index (χ0) is 75.8. The fourth-order valence-corrected chi connectivity index (χ4v) is 34.3. The van der Waals surface area contributed by atoms with Crippen LogP contribution in [0.15, 0.2) is 170 Å². The molecule has 0 aromatic heterocycles. The second-order valence-electron chi connectivity index (χ2n) is 41.0. The average molecular weight is 1510 g/mol. The predicted octanol–water partition coefficient (Wildman–Crippen LogP) is 35.6. The molecule has 122 heavy (non-hydrogen) atoms. The predicted molar refractivity (Wildman–Crippen MR) is 534 cm³/mol. The summed E-state index contributed by atoms with van der Waals surface area (Å²) in [6, 6.07) is 73.4. The summed E-state index contributed by atoms with van der Waals surface area (Å²) in [6.45, 7) is 9.65. The van der Waals surface area contributed by atoms with Crippen LogP contribution in [0.5, 0.6) is 0 Å². The molecule has 0 heteroatoms. The van der Waals surface area contributed by atoms with Crippen LogP contribution in [0.25, 0.3) is 463 Å². The van der Waals surface area contributed by atoms with Crippen molar-refractivity contribution in [2.45, 2.75) is 27.7 Å². The summed E-state index contributed by atoms with van der Waals surface area (Å²) in [5, 5.41) is 125. The lowest BCUT2D eigenvalue weighted by atomic mass is 9.66. The van der Waals surface area contributed by atoms with Crippen molar-refractivity contribution in [1.82, 2.24) is 0 Å². The van der Waals surface area contributed by atoms with E-state index in [0.29, 0.717) is 0 Å². The van der Waals surface area contributed by atoms with Gasteiger partial charge in [0, 0.05) is 0 Å². The van der Waals surface area contributed by atoms with Gasteiger partial charge >= 0.3 is 0 Å². The fourth-order valence-electron chi connectivity index (χ4n) is 34.3. The molecule has 44 aromatic carbocycles. The zero-order valence-corrected chi connectivity index (χ0v) is 65.2. The molecule has 0 heterocycles. The second kappa shape index (κ2) is 14.5. The molecule has 0 unspecified atom stereocenters. The molecule has 0 fully saturated rings. The number of aryl methyl sites for hydroxylation is 4. The number of fused-ring (bicyclic) bond motifs is 2. The highest BCUT2D eigenvalue weighted by atomic mass is 14.5. The SMILES string of the molecule is Cc1cc2cc3cc4cc5cc6cc7cc8cc9cc%10cc%11cccc%12c%13c(C)cc%14c(C)cc%15cc%16cc%17cc%18cc%19cc%20cc%21cc%22cc%23cc%24cccc%25c%26c(C)cc1c1c2c2c3c3c4c4c5c5c6c6c7c7c8c8c9c9c%10c(c%11%12)c%10c%13c%14c%15c%11c%16c%12c%17c%13c%18c%14c%19c%15c%20c%16c%21c%17c%22c%18c%23c(c%24%25)c(c%261)c2c%18c3c%17c4c%16c5c%15c6c%14c7c%13c8c%12c9c%11%10. The van der Waals surface area contributed by atoms with E-state index in [1.54, 1.807) is 0 Å². The van der Waals surface area contributed by atoms with Gasteiger partial charge in [0.2, 0.25) is 0 Å². The van der Waals surface area contributed by atoms with E-state index in [9.17, 15) is 0 Å². The Morgan fingerprint density at radius 3 is 0.418 bits per heavy atom. The van der Waals surface area contributed by atoms with Crippen LogP contribution in [0.1, 0.15) is 22.3 Å². The molecule has 0 aliphatic rings. The Hall–Kier alpha value is -15.3. The minimum Gasteiger partial charge on any atom is -0.0610 e. The molecule has 0 nitrogen and oxygen atoms in total. The first-order valence-corrected chi connectivity index (χ1v) is 44.4. The molecule has 0 N–H and O–H groups in total. The van der Waals surface area contributed by atoms with Crippen molar-refractivity contribution in [3.8, 4) is 0 Å². The molecule has 0 atom stereocenters. The van der Waals surface area contributed by atoms with Crippen LogP contribution >= 0.6 is 0 Å². The summed E-state index contributed by atoms with van der Waals surface area (Å²) in [7, 11) is 0. The number of benzene rings is 44. The molecule has 0 aliphatic heterocycles. The van der Waals surface area contributed by atoms with E-state index in [0.717, 1.165) is 0 Å². The first kappa shape index (κ1) is 53.2. The Bertz CT molecular complexity index is 12300. The standard InChI is InChI=1S/C122H40/c1-33-11-39-17-43-21-47-25-51-29-55-31-53-28-50-24-46-20-42-16-38-8-6-10-58-62-36(4)14-60-34(2)12-40-18-44-22-48-26-52-30-56-32-54-27-49-23-45-19-41-15-37-7-5-9-57-61-35(3)13-59(33)83-65(39)89-69(43)93-73(47)97-77(51)101-81(55)103-80(53)100-76(50)96-72(46)92-68(42)88(64(38)58)106-86(62)84(60)66(40)90-70(44)94-74(48)98-78(52)102-82(56)104-79(54)99-75(49)95-71(45)91-67(41)87(63(37)57)105(85(61)83)107(89)109(91)111(93)113(95)115(97)117(99)119(101)121(104)122(103)120(102)118(100)116(98)114(96)112(94)110(92)108(90)106/h5-32H,1-4H3. The number of hydrogen-bond acceptors (Lipinski definition) is 0. The van der Waals surface area contributed by atoms with E-state index < -0.39 is 0 Å². The van der Waals surface area contributed by atoms with Gasteiger partial charge in [-0.2, -0.15) is 0 Å².